The van der Waals surface area contributed by atoms with Gasteiger partial charge >= 0.3 is 5.97 Å². The van der Waals surface area contributed by atoms with Crippen LogP contribution in [0.2, 0.25) is 0 Å². The fourth-order valence-electron chi connectivity index (χ4n) is 3.86. The van der Waals surface area contributed by atoms with Gasteiger partial charge in [0.25, 0.3) is 0 Å². The molecule has 3 rings (SSSR count). The Morgan fingerprint density at radius 1 is 1.25 bits per heavy atom. The summed E-state index contributed by atoms with van der Waals surface area (Å²) in [6.07, 6.45) is 4.33. The van der Waals surface area contributed by atoms with Gasteiger partial charge in [-0.2, -0.15) is 0 Å². The van der Waals surface area contributed by atoms with Gasteiger partial charge in [-0.1, -0.05) is 37.3 Å². The fourth-order valence-corrected chi connectivity index (χ4v) is 3.86. The summed E-state index contributed by atoms with van der Waals surface area (Å²) >= 11 is 0. The molecule has 24 heavy (non-hydrogen) atoms. The minimum Gasteiger partial charge on any atom is -0.480 e. The van der Waals surface area contributed by atoms with Gasteiger partial charge in [-0.25, -0.2) is 4.79 Å². The molecule has 0 aromatic heterocycles. The maximum absolute atomic E-state index is 12.9. The van der Waals surface area contributed by atoms with Crippen LogP contribution >= 0.6 is 0 Å². The number of aliphatic carboxylic acids is 1. The molecule has 1 unspecified atom stereocenters. The maximum atomic E-state index is 12.9. The van der Waals surface area contributed by atoms with Crippen LogP contribution in [0.4, 0.5) is 0 Å². The van der Waals surface area contributed by atoms with E-state index in [9.17, 15) is 14.7 Å². The summed E-state index contributed by atoms with van der Waals surface area (Å²) in [5.41, 5.74) is 0.382. The van der Waals surface area contributed by atoms with Crippen molar-refractivity contribution in [3.63, 3.8) is 0 Å². The molecule has 0 bridgehead atoms. The predicted octanol–water partition coefficient (Wildman–Crippen LogP) is 2.84. The van der Waals surface area contributed by atoms with Gasteiger partial charge in [0.05, 0.1) is 6.61 Å². The van der Waals surface area contributed by atoms with Gasteiger partial charge < -0.3 is 9.84 Å². The number of ether oxygens (including phenoxy) is 1. The number of amides is 1. The topological polar surface area (TPSA) is 66.8 Å². The molecule has 1 aromatic rings. The third kappa shape index (κ3) is 3.31. The average Bonchev–Trinajstić information content (AvgIpc) is 2.96. The fraction of sp³-hybridized carbons (Fsp3) is 0.579. The van der Waals surface area contributed by atoms with Crippen LogP contribution in [0.3, 0.4) is 0 Å². The van der Waals surface area contributed by atoms with Gasteiger partial charge in [0.15, 0.2) is 6.04 Å². The van der Waals surface area contributed by atoms with Gasteiger partial charge in [0.2, 0.25) is 5.91 Å². The van der Waals surface area contributed by atoms with Crippen LogP contribution in [0.1, 0.15) is 44.6 Å². The van der Waals surface area contributed by atoms with E-state index < -0.39 is 17.7 Å². The molecule has 1 atom stereocenters. The normalized spacial score (nSPS) is 29.8. The summed E-state index contributed by atoms with van der Waals surface area (Å²) in [6, 6.07) is 8.95. The Bertz CT molecular complexity index is 593. The molecule has 130 valence electrons. The summed E-state index contributed by atoms with van der Waals surface area (Å²) in [5.74, 6) is -0.485. The van der Waals surface area contributed by atoms with E-state index in [1.54, 1.807) is 4.90 Å². The number of carboxylic acids is 1. The Morgan fingerprint density at radius 2 is 1.92 bits per heavy atom. The lowest BCUT2D eigenvalue weighted by molar-refractivity contribution is -0.164. The van der Waals surface area contributed by atoms with Crippen LogP contribution in [-0.4, -0.2) is 40.3 Å². The number of carbonyl (C=O) groups excluding carboxylic acids is 1. The molecule has 1 aromatic carbocycles. The number of benzene rings is 1. The van der Waals surface area contributed by atoms with Crippen molar-refractivity contribution in [2.75, 3.05) is 6.61 Å². The van der Waals surface area contributed by atoms with E-state index in [0.29, 0.717) is 18.8 Å². The van der Waals surface area contributed by atoms with E-state index in [1.807, 2.05) is 30.3 Å². The quantitative estimate of drug-likeness (QED) is 0.921. The first-order valence-electron chi connectivity index (χ1n) is 8.75. The molecular weight excluding hydrogens is 306 g/mol. The van der Waals surface area contributed by atoms with E-state index >= 15 is 0 Å². The van der Waals surface area contributed by atoms with E-state index in [0.717, 1.165) is 31.2 Å². The molecule has 1 N–H and O–H groups in total. The Hall–Kier alpha value is -1.88. The first-order chi connectivity index (χ1) is 11.5. The molecule has 1 spiro atoms. The Labute approximate surface area is 142 Å². The summed E-state index contributed by atoms with van der Waals surface area (Å²) in [5, 5.41) is 9.51. The van der Waals surface area contributed by atoms with E-state index in [1.165, 1.54) is 0 Å². The van der Waals surface area contributed by atoms with E-state index in [4.69, 9.17) is 4.74 Å². The third-order valence-corrected chi connectivity index (χ3v) is 5.34. The van der Waals surface area contributed by atoms with Crippen LogP contribution < -0.4 is 0 Å². The van der Waals surface area contributed by atoms with Crippen molar-refractivity contribution in [2.24, 2.45) is 5.92 Å². The third-order valence-electron chi connectivity index (χ3n) is 5.34. The largest absolute Gasteiger partial charge is 0.480 e. The minimum absolute atomic E-state index is 0.0980. The van der Waals surface area contributed by atoms with Gasteiger partial charge in [-0.15, -0.1) is 0 Å². The van der Waals surface area contributed by atoms with Crippen molar-refractivity contribution in [2.45, 2.75) is 57.2 Å². The number of aryl methyl sites for hydroxylation is 1. The lowest BCUT2D eigenvalue weighted by Gasteiger charge is -2.42. The smallest absolute Gasteiger partial charge is 0.328 e. The van der Waals surface area contributed by atoms with Gasteiger partial charge in [0.1, 0.15) is 5.72 Å². The van der Waals surface area contributed by atoms with Crippen LogP contribution in [0, 0.1) is 5.92 Å². The first kappa shape index (κ1) is 17.0. The van der Waals surface area contributed by atoms with Crippen molar-refractivity contribution < 1.29 is 19.4 Å². The van der Waals surface area contributed by atoms with Crippen molar-refractivity contribution in [1.29, 1.82) is 0 Å². The van der Waals surface area contributed by atoms with Crippen LogP contribution in [0.25, 0.3) is 0 Å². The lowest BCUT2D eigenvalue weighted by atomic mass is 9.83. The van der Waals surface area contributed by atoms with Gasteiger partial charge in [-0.3, -0.25) is 9.69 Å². The molecule has 2 fully saturated rings. The highest BCUT2D eigenvalue weighted by atomic mass is 16.5. The Kier molecular flexibility index (Phi) is 4.90. The molecule has 1 saturated heterocycles. The molecule has 5 nitrogen and oxygen atoms in total. The number of hydrogen-bond donors (Lipinski definition) is 1. The highest BCUT2D eigenvalue weighted by Gasteiger charge is 2.53. The number of carbonyl (C=O) groups is 2. The highest BCUT2D eigenvalue weighted by Crippen LogP contribution is 2.42. The van der Waals surface area contributed by atoms with Crippen molar-refractivity contribution in [3.05, 3.63) is 35.9 Å². The Morgan fingerprint density at radius 3 is 2.54 bits per heavy atom. The molecular formula is C19H25NO4. The molecule has 2 aliphatic rings. The zero-order valence-corrected chi connectivity index (χ0v) is 14.1. The second-order valence-corrected chi connectivity index (χ2v) is 7.04. The second kappa shape index (κ2) is 6.93. The number of carboxylic acid groups (broad SMARTS) is 1. The van der Waals surface area contributed by atoms with E-state index in [-0.39, 0.29) is 12.5 Å². The number of nitrogens with zero attached hydrogens (tertiary/aromatic N) is 1. The molecule has 1 amide bonds. The predicted molar refractivity (Wildman–Crippen MR) is 89.3 cm³/mol. The molecule has 0 radical (unpaired) electrons. The number of rotatable bonds is 4. The van der Waals surface area contributed by atoms with E-state index in [2.05, 4.69) is 6.92 Å². The molecule has 1 heterocycles. The summed E-state index contributed by atoms with van der Waals surface area (Å²) in [4.78, 5) is 26.0. The van der Waals surface area contributed by atoms with Gasteiger partial charge in [0, 0.05) is 6.42 Å². The zero-order valence-electron chi connectivity index (χ0n) is 14.1. The van der Waals surface area contributed by atoms with Crippen molar-refractivity contribution in [3.8, 4) is 0 Å². The SMILES string of the molecule is CC1CCC2(CC1)OCC(C(=O)O)N2C(=O)CCc1ccccc1. The van der Waals surface area contributed by atoms with Crippen LogP contribution in [0.5, 0.6) is 0 Å². The maximum Gasteiger partial charge on any atom is 0.328 e. The molecule has 1 aliphatic carbocycles. The molecule has 1 saturated carbocycles. The standard InChI is InChI=1S/C19H25NO4/c1-14-9-11-19(12-10-14)20(16(13-24-19)18(22)23)17(21)8-7-15-5-3-2-4-6-15/h2-6,14,16H,7-13H2,1H3,(H,22,23). The number of hydrogen-bond acceptors (Lipinski definition) is 3. The second-order valence-electron chi connectivity index (χ2n) is 7.04. The lowest BCUT2D eigenvalue weighted by Crippen LogP contribution is -2.55. The minimum atomic E-state index is -0.974. The van der Waals surface area contributed by atoms with Crippen molar-refractivity contribution in [1.82, 2.24) is 4.90 Å². The van der Waals surface area contributed by atoms with Crippen LogP contribution in [0.15, 0.2) is 30.3 Å². The monoisotopic (exact) mass is 331 g/mol. The van der Waals surface area contributed by atoms with Gasteiger partial charge in [-0.05, 0) is 43.6 Å². The molecule has 5 heteroatoms. The Balaban J connectivity index is 1.74. The van der Waals surface area contributed by atoms with Crippen molar-refractivity contribution >= 4 is 11.9 Å². The molecule has 1 aliphatic heterocycles. The summed E-state index contributed by atoms with van der Waals surface area (Å²) in [7, 11) is 0. The zero-order chi connectivity index (χ0) is 17.2. The summed E-state index contributed by atoms with van der Waals surface area (Å²) in [6.45, 7) is 2.29. The summed E-state index contributed by atoms with van der Waals surface area (Å²) < 4.78 is 5.91. The average molecular weight is 331 g/mol. The highest BCUT2D eigenvalue weighted by molar-refractivity contribution is 5.85. The van der Waals surface area contributed by atoms with Crippen LogP contribution in [-0.2, 0) is 20.7 Å². The first-order valence-corrected chi connectivity index (χ1v) is 8.75.